The molecule has 3 rings (SSSR count). The van der Waals surface area contributed by atoms with E-state index in [1.165, 1.54) is 22.3 Å². The zero-order valence-corrected chi connectivity index (χ0v) is 15.7. The lowest BCUT2D eigenvalue weighted by Gasteiger charge is -2.26. The Labute approximate surface area is 152 Å². The Hall–Kier alpha value is -2.09. The van der Waals surface area contributed by atoms with Crippen molar-refractivity contribution in [1.29, 1.82) is 0 Å². The third-order valence-electron chi connectivity index (χ3n) is 3.96. The van der Waals surface area contributed by atoms with Crippen LogP contribution in [0.4, 0.5) is 17.1 Å². The van der Waals surface area contributed by atoms with Crippen molar-refractivity contribution in [2.45, 2.75) is 4.90 Å². The van der Waals surface area contributed by atoms with Gasteiger partial charge < -0.3 is 4.90 Å². The van der Waals surface area contributed by atoms with E-state index in [0.717, 1.165) is 0 Å². The number of nitrogens with zero attached hydrogens (tertiary/aromatic N) is 3. The van der Waals surface area contributed by atoms with Crippen molar-refractivity contribution >= 4 is 44.6 Å². The number of fused-ring (bicyclic) bond motifs is 2. The number of carbonyl (C=O) groups is 1. The van der Waals surface area contributed by atoms with Crippen LogP contribution >= 0.6 is 11.6 Å². The molecule has 1 aliphatic rings. The van der Waals surface area contributed by atoms with E-state index in [4.69, 9.17) is 11.6 Å². The van der Waals surface area contributed by atoms with E-state index >= 15 is 0 Å². The molecule has 2 aromatic rings. The molecule has 0 radical (unpaired) electrons. The molecule has 0 saturated heterocycles. The molecule has 1 amide bonds. The second-order valence-electron chi connectivity index (χ2n) is 6.04. The van der Waals surface area contributed by atoms with Gasteiger partial charge in [-0.25, -0.2) is 8.42 Å². The van der Waals surface area contributed by atoms with Crippen LogP contribution < -0.4 is 9.21 Å². The predicted octanol–water partition coefficient (Wildman–Crippen LogP) is 2.70. The minimum atomic E-state index is -3.80. The smallest absolute Gasteiger partial charge is 0.266 e. The second-order valence-corrected chi connectivity index (χ2v) is 8.41. The van der Waals surface area contributed by atoms with E-state index in [1.807, 2.05) is 0 Å². The molecule has 0 spiro atoms. The zero-order valence-electron chi connectivity index (χ0n) is 14.1. The summed E-state index contributed by atoms with van der Waals surface area (Å²) < 4.78 is 27.2. The summed E-state index contributed by atoms with van der Waals surface area (Å²) in [5.41, 5.74) is 1.16. The number of hydrogen-bond donors (Lipinski definition) is 0. The van der Waals surface area contributed by atoms with Crippen molar-refractivity contribution in [3.63, 3.8) is 0 Å². The molecule has 6 nitrogen and oxygen atoms in total. The molecular weight excluding hydrogens is 362 g/mol. The highest BCUT2D eigenvalue weighted by Gasteiger charge is 2.36. The maximum Gasteiger partial charge on any atom is 0.266 e. The number of likely N-dealkylation sites (N-methyl/N-ethyl adjacent to an activating group) is 1. The van der Waals surface area contributed by atoms with E-state index in [-0.39, 0.29) is 17.3 Å². The van der Waals surface area contributed by atoms with Gasteiger partial charge >= 0.3 is 0 Å². The molecule has 0 aromatic heterocycles. The summed E-state index contributed by atoms with van der Waals surface area (Å²) in [4.78, 5) is 16.2. The average molecular weight is 380 g/mol. The van der Waals surface area contributed by atoms with Crippen molar-refractivity contribution in [2.24, 2.45) is 0 Å². The lowest BCUT2D eigenvalue weighted by Crippen LogP contribution is -2.35. The van der Waals surface area contributed by atoms with Crippen LogP contribution in [-0.2, 0) is 14.8 Å². The highest BCUT2D eigenvalue weighted by atomic mass is 35.5. The van der Waals surface area contributed by atoms with E-state index in [0.29, 0.717) is 22.1 Å². The molecule has 0 fully saturated rings. The van der Waals surface area contributed by atoms with Crippen LogP contribution in [0.3, 0.4) is 0 Å². The highest BCUT2D eigenvalue weighted by molar-refractivity contribution is 7.93. The first-order valence-electron chi connectivity index (χ1n) is 7.58. The normalized spacial score (nSPS) is 15.6. The number of amides is 1. The van der Waals surface area contributed by atoms with Gasteiger partial charge in [-0.15, -0.1) is 0 Å². The fraction of sp³-hybridized carbons (Fsp3) is 0.235. The van der Waals surface area contributed by atoms with Crippen molar-refractivity contribution in [3.05, 3.63) is 47.5 Å². The molecule has 2 aromatic carbocycles. The fourth-order valence-corrected chi connectivity index (χ4v) is 4.37. The lowest BCUT2D eigenvalue weighted by atomic mass is 10.2. The Morgan fingerprint density at radius 2 is 1.76 bits per heavy atom. The highest BCUT2D eigenvalue weighted by Crippen LogP contribution is 2.44. The Morgan fingerprint density at radius 1 is 1.08 bits per heavy atom. The van der Waals surface area contributed by atoms with Gasteiger partial charge in [-0.1, -0.05) is 23.7 Å². The Balaban J connectivity index is 2.36. The largest absolute Gasteiger partial charge is 0.301 e. The number of anilines is 3. The summed E-state index contributed by atoms with van der Waals surface area (Å²) in [6, 6.07) is 11.3. The molecule has 0 bridgehead atoms. The van der Waals surface area contributed by atoms with Gasteiger partial charge in [-0.3, -0.25) is 14.0 Å². The van der Waals surface area contributed by atoms with Gasteiger partial charge in [0.05, 0.1) is 23.6 Å². The Morgan fingerprint density at radius 3 is 2.44 bits per heavy atom. The summed E-state index contributed by atoms with van der Waals surface area (Å²) in [6.45, 7) is 0.129. The van der Waals surface area contributed by atoms with Crippen LogP contribution in [0.5, 0.6) is 0 Å². The molecular formula is C17H18ClN3O3S. The number of carbonyl (C=O) groups excluding carboxylic acids is 1. The van der Waals surface area contributed by atoms with Crippen LogP contribution in [0.1, 0.15) is 0 Å². The SMILES string of the molecule is CN(C)CC(=O)N1c2cc(Cl)ccc2N(C)S(=O)(=O)c2ccccc21. The number of para-hydroxylation sites is 1. The van der Waals surface area contributed by atoms with E-state index in [9.17, 15) is 13.2 Å². The maximum atomic E-state index is 13.0. The third-order valence-corrected chi connectivity index (χ3v) is 6.02. The van der Waals surface area contributed by atoms with Gasteiger partial charge in [0.1, 0.15) is 4.90 Å². The second kappa shape index (κ2) is 6.33. The summed E-state index contributed by atoms with van der Waals surface area (Å²) in [6.07, 6.45) is 0. The summed E-state index contributed by atoms with van der Waals surface area (Å²) in [5.74, 6) is -0.244. The first kappa shape index (κ1) is 17.7. The standard InChI is InChI=1S/C17H18ClN3O3S/c1-19(2)11-17(22)21-14-6-4-5-7-16(14)25(23,24)20(3)13-9-8-12(18)10-15(13)21/h4-10H,11H2,1-3H3. The minimum absolute atomic E-state index is 0.0805. The molecule has 1 aliphatic heterocycles. The van der Waals surface area contributed by atoms with Crippen LogP contribution in [0.2, 0.25) is 5.02 Å². The molecule has 132 valence electrons. The monoisotopic (exact) mass is 379 g/mol. The van der Waals surface area contributed by atoms with Crippen molar-refractivity contribution in [2.75, 3.05) is 36.9 Å². The predicted molar refractivity (Wildman–Crippen MR) is 99.2 cm³/mol. The fourth-order valence-electron chi connectivity index (χ4n) is 2.82. The zero-order chi connectivity index (χ0) is 18.4. The molecule has 0 atom stereocenters. The Bertz CT molecular complexity index is 944. The minimum Gasteiger partial charge on any atom is -0.301 e. The lowest BCUT2D eigenvalue weighted by molar-refractivity contribution is -0.118. The van der Waals surface area contributed by atoms with Gasteiger partial charge in [0, 0.05) is 12.1 Å². The van der Waals surface area contributed by atoms with Crippen LogP contribution in [0, 0.1) is 0 Å². The molecule has 1 heterocycles. The number of benzene rings is 2. The van der Waals surface area contributed by atoms with Gasteiger partial charge in [0.2, 0.25) is 5.91 Å². The van der Waals surface area contributed by atoms with Gasteiger partial charge in [0.25, 0.3) is 10.0 Å². The number of halogens is 1. The third kappa shape index (κ3) is 2.99. The molecule has 0 aliphatic carbocycles. The number of sulfonamides is 1. The number of hydrogen-bond acceptors (Lipinski definition) is 4. The average Bonchev–Trinajstić information content (AvgIpc) is 2.60. The van der Waals surface area contributed by atoms with Crippen LogP contribution in [-0.4, -0.2) is 46.9 Å². The quantitative estimate of drug-likeness (QED) is 0.804. The summed E-state index contributed by atoms with van der Waals surface area (Å²) in [7, 11) is 1.24. The van der Waals surface area contributed by atoms with Gasteiger partial charge in [-0.05, 0) is 44.4 Å². The van der Waals surface area contributed by atoms with Crippen LogP contribution in [0.15, 0.2) is 47.4 Å². The molecule has 0 unspecified atom stereocenters. The van der Waals surface area contributed by atoms with E-state index in [2.05, 4.69) is 0 Å². The Kier molecular flexibility index (Phi) is 4.49. The molecule has 8 heteroatoms. The van der Waals surface area contributed by atoms with E-state index in [1.54, 1.807) is 55.4 Å². The maximum absolute atomic E-state index is 13.0. The number of rotatable bonds is 2. The first-order valence-corrected chi connectivity index (χ1v) is 9.40. The topological polar surface area (TPSA) is 60.9 Å². The first-order chi connectivity index (χ1) is 11.7. The summed E-state index contributed by atoms with van der Waals surface area (Å²) >= 11 is 6.14. The van der Waals surface area contributed by atoms with Crippen molar-refractivity contribution in [3.8, 4) is 0 Å². The summed E-state index contributed by atoms with van der Waals surface area (Å²) in [5, 5.41) is 0.423. The van der Waals surface area contributed by atoms with Crippen molar-refractivity contribution in [1.82, 2.24) is 4.90 Å². The van der Waals surface area contributed by atoms with Gasteiger partial charge in [0.15, 0.2) is 0 Å². The molecule has 25 heavy (non-hydrogen) atoms. The molecule has 0 N–H and O–H groups in total. The van der Waals surface area contributed by atoms with Gasteiger partial charge in [-0.2, -0.15) is 0 Å². The van der Waals surface area contributed by atoms with E-state index < -0.39 is 10.0 Å². The van der Waals surface area contributed by atoms with Crippen molar-refractivity contribution < 1.29 is 13.2 Å². The van der Waals surface area contributed by atoms with Crippen LogP contribution in [0.25, 0.3) is 0 Å². The molecule has 0 saturated carbocycles.